The van der Waals surface area contributed by atoms with Crippen LogP contribution in [0.3, 0.4) is 0 Å². The Kier molecular flexibility index (Phi) is 4.93. The lowest BCUT2D eigenvalue weighted by Crippen LogP contribution is -2.29. The second-order valence-electron chi connectivity index (χ2n) is 4.22. The summed E-state index contributed by atoms with van der Waals surface area (Å²) in [5.74, 6) is 5.35. The zero-order chi connectivity index (χ0) is 13.8. The van der Waals surface area contributed by atoms with Crippen molar-refractivity contribution in [3.05, 3.63) is 68.9 Å². The number of halogens is 3. The molecule has 0 saturated carbocycles. The molecule has 2 rings (SSSR count). The molecule has 3 N–H and O–H groups in total. The van der Waals surface area contributed by atoms with Gasteiger partial charge in [-0.2, -0.15) is 0 Å². The molecular weight excluding hydrogens is 331 g/mol. The number of nitrogens with two attached hydrogens (primary N) is 1. The van der Waals surface area contributed by atoms with E-state index in [4.69, 9.17) is 17.4 Å². The Balaban J connectivity index is 2.27. The Hall–Kier alpha value is -0.940. The van der Waals surface area contributed by atoms with Crippen LogP contribution in [-0.4, -0.2) is 0 Å². The van der Waals surface area contributed by atoms with Crippen molar-refractivity contribution in [2.75, 3.05) is 0 Å². The minimum Gasteiger partial charge on any atom is -0.271 e. The fourth-order valence-corrected chi connectivity index (χ4v) is 2.64. The molecular formula is C14H13BrClFN2. The maximum atomic E-state index is 13.2. The summed E-state index contributed by atoms with van der Waals surface area (Å²) in [6, 6.07) is 11.8. The third-order valence-electron chi connectivity index (χ3n) is 2.86. The van der Waals surface area contributed by atoms with E-state index in [1.807, 2.05) is 18.2 Å². The molecule has 2 nitrogen and oxygen atoms in total. The predicted molar refractivity (Wildman–Crippen MR) is 79.3 cm³/mol. The molecule has 0 aliphatic carbocycles. The molecule has 0 amide bonds. The van der Waals surface area contributed by atoms with E-state index < -0.39 is 0 Å². The Bertz CT molecular complexity index is 577. The van der Waals surface area contributed by atoms with Gasteiger partial charge in [0.05, 0.1) is 6.04 Å². The van der Waals surface area contributed by atoms with Crippen LogP contribution in [0.1, 0.15) is 17.2 Å². The van der Waals surface area contributed by atoms with Gasteiger partial charge in [0.1, 0.15) is 5.82 Å². The van der Waals surface area contributed by atoms with E-state index in [1.54, 1.807) is 12.1 Å². The average Bonchev–Trinajstić information content (AvgIpc) is 2.39. The zero-order valence-corrected chi connectivity index (χ0v) is 12.4. The summed E-state index contributed by atoms with van der Waals surface area (Å²) >= 11 is 9.47. The van der Waals surface area contributed by atoms with Crippen LogP contribution in [0.25, 0.3) is 0 Å². The fraction of sp³-hybridized carbons (Fsp3) is 0.143. The topological polar surface area (TPSA) is 38.0 Å². The van der Waals surface area contributed by atoms with Crippen LogP contribution < -0.4 is 11.3 Å². The van der Waals surface area contributed by atoms with Gasteiger partial charge < -0.3 is 0 Å². The van der Waals surface area contributed by atoms with Crippen LogP contribution in [0.4, 0.5) is 4.39 Å². The highest BCUT2D eigenvalue weighted by molar-refractivity contribution is 9.10. The van der Waals surface area contributed by atoms with Gasteiger partial charge in [0.25, 0.3) is 0 Å². The van der Waals surface area contributed by atoms with Gasteiger partial charge in [-0.15, -0.1) is 0 Å². The smallest absolute Gasteiger partial charge is 0.123 e. The summed E-state index contributed by atoms with van der Waals surface area (Å²) in [6.07, 6.45) is 0.577. The van der Waals surface area contributed by atoms with E-state index in [0.29, 0.717) is 11.4 Å². The minimum atomic E-state index is -0.251. The van der Waals surface area contributed by atoms with Gasteiger partial charge in [0.15, 0.2) is 0 Å². The Morgan fingerprint density at radius 3 is 2.74 bits per heavy atom. The summed E-state index contributed by atoms with van der Waals surface area (Å²) in [7, 11) is 0. The summed E-state index contributed by atoms with van der Waals surface area (Å²) in [6.45, 7) is 0. The first-order valence-corrected chi connectivity index (χ1v) is 6.93. The molecule has 1 unspecified atom stereocenters. The van der Waals surface area contributed by atoms with Crippen molar-refractivity contribution in [2.24, 2.45) is 5.84 Å². The van der Waals surface area contributed by atoms with E-state index in [1.165, 1.54) is 12.1 Å². The number of nitrogens with one attached hydrogen (secondary N) is 1. The largest absolute Gasteiger partial charge is 0.271 e. The summed E-state index contributed by atoms with van der Waals surface area (Å²) in [4.78, 5) is 0. The number of benzene rings is 2. The monoisotopic (exact) mass is 342 g/mol. The molecule has 0 saturated heterocycles. The fourth-order valence-electron chi connectivity index (χ4n) is 1.94. The van der Waals surface area contributed by atoms with E-state index in [2.05, 4.69) is 21.4 Å². The highest BCUT2D eigenvalue weighted by Gasteiger charge is 2.14. The second kappa shape index (κ2) is 6.48. The quantitative estimate of drug-likeness (QED) is 0.651. The minimum absolute atomic E-state index is 0.144. The zero-order valence-electron chi connectivity index (χ0n) is 10.0. The normalized spacial score (nSPS) is 12.4. The molecule has 1 atom stereocenters. The van der Waals surface area contributed by atoms with Gasteiger partial charge in [0.2, 0.25) is 0 Å². The molecule has 0 heterocycles. The van der Waals surface area contributed by atoms with Crippen LogP contribution >= 0.6 is 27.5 Å². The summed E-state index contributed by atoms with van der Waals surface area (Å²) in [5, 5.41) is 0.637. The molecule has 0 radical (unpaired) electrons. The average molecular weight is 344 g/mol. The molecule has 0 spiro atoms. The maximum Gasteiger partial charge on any atom is 0.123 e. The molecule has 0 aliphatic rings. The molecule has 0 aliphatic heterocycles. The van der Waals surface area contributed by atoms with Crippen molar-refractivity contribution in [1.82, 2.24) is 5.43 Å². The number of hydrazine groups is 1. The predicted octanol–water partition coefficient (Wildman–Crippen LogP) is 3.99. The first-order chi connectivity index (χ1) is 9.10. The standard InChI is InChI=1S/C14H13BrClFN2/c15-13-5-4-10(16)8-12(13)14(19-18)7-9-2-1-3-11(17)6-9/h1-6,8,14,19H,7,18H2. The molecule has 2 aromatic carbocycles. The first kappa shape index (κ1) is 14.5. The SMILES string of the molecule is NNC(Cc1cccc(F)c1)c1cc(Cl)ccc1Br. The number of hydrogen-bond donors (Lipinski definition) is 2. The number of rotatable bonds is 4. The molecule has 19 heavy (non-hydrogen) atoms. The third kappa shape index (κ3) is 3.76. The van der Waals surface area contributed by atoms with Gasteiger partial charge in [-0.3, -0.25) is 11.3 Å². The van der Waals surface area contributed by atoms with Crippen LogP contribution in [0, 0.1) is 5.82 Å². The van der Waals surface area contributed by atoms with Crippen molar-refractivity contribution >= 4 is 27.5 Å². The lowest BCUT2D eigenvalue weighted by Gasteiger charge is -2.18. The van der Waals surface area contributed by atoms with E-state index >= 15 is 0 Å². The van der Waals surface area contributed by atoms with Crippen molar-refractivity contribution in [3.8, 4) is 0 Å². The summed E-state index contributed by atoms with van der Waals surface area (Å²) < 4.78 is 14.1. The highest BCUT2D eigenvalue weighted by atomic mass is 79.9. The number of hydrogen-bond acceptors (Lipinski definition) is 2. The van der Waals surface area contributed by atoms with Gasteiger partial charge in [-0.1, -0.05) is 39.7 Å². The molecule has 0 aromatic heterocycles. The van der Waals surface area contributed by atoms with Crippen LogP contribution in [0.15, 0.2) is 46.9 Å². The van der Waals surface area contributed by atoms with E-state index in [0.717, 1.165) is 15.6 Å². The van der Waals surface area contributed by atoms with Crippen molar-refractivity contribution < 1.29 is 4.39 Å². The second-order valence-corrected chi connectivity index (χ2v) is 5.51. The lowest BCUT2D eigenvalue weighted by atomic mass is 9.99. The van der Waals surface area contributed by atoms with Crippen LogP contribution in [0.5, 0.6) is 0 Å². The van der Waals surface area contributed by atoms with Crippen LogP contribution in [0.2, 0.25) is 5.02 Å². The first-order valence-electron chi connectivity index (χ1n) is 5.75. The third-order valence-corrected chi connectivity index (χ3v) is 3.82. The molecule has 0 bridgehead atoms. The van der Waals surface area contributed by atoms with Gasteiger partial charge in [-0.05, 0) is 47.9 Å². The molecule has 100 valence electrons. The lowest BCUT2D eigenvalue weighted by molar-refractivity contribution is 0.547. The van der Waals surface area contributed by atoms with Crippen molar-refractivity contribution in [2.45, 2.75) is 12.5 Å². The Morgan fingerprint density at radius 1 is 1.26 bits per heavy atom. The maximum absolute atomic E-state index is 13.2. The van der Waals surface area contributed by atoms with Gasteiger partial charge in [-0.25, -0.2) is 4.39 Å². The van der Waals surface area contributed by atoms with Gasteiger partial charge >= 0.3 is 0 Å². The summed E-state index contributed by atoms with van der Waals surface area (Å²) in [5.41, 5.74) is 4.56. The van der Waals surface area contributed by atoms with E-state index in [-0.39, 0.29) is 11.9 Å². The van der Waals surface area contributed by atoms with Crippen LogP contribution in [-0.2, 0) is 6.42 Å². The molecule has 0 fully saturated rings. The Morgan fingerprint density at radius 2 is 2.05 bits per heavy atom. The Labute approximate surface area is 124 Å². The van der Waals surface area contributed by atoms with Gasteiger partial charge in [0, 0.05) is 9.50 Å². The highest BCUT2D eigenvalue weighted by Crippen LogP contribution is 2.28. The molecule has 5 heteroatoms. The van der Waals surface area contributed by atoms with E-state index in [9.17, 15) is 4.39 Å². The molecule has 2 aromatic rings. The van der Waals surface area contributed by atoms with Crippen molar-refractivity contribution in [1.29, 1.82) is 0 Å². The van der Waals surface area contributed by atoms with Crippen molar-refractivity contribution in [3.63, 3.8) is 0 Å².